The number of hydrogen-bond donors (Lipinski definition) is 0. The lowest BCUT2D eigenvalue weighted by molar-refractivity contribution is 0.0981. The first-order valence-corrected chi connectivity index (χ1v) is 5.53. The van der Waals surface area contributed by atoms with Gasteiger partial charge < -0.3 is 4.74 Å². The molecule has 1 atom stereocenters. The lowest BCUT2D eigenvalue weighted by Gasteiger charge is -2.11. The van der Waals surface area contributed by atoms with Crippen molar-refractivity contribution in [2.24, 2.45) is 0 Å². The second kappa shape index (κ2) is 5.39. The summed E-state index contributed by atoms with van der Waals surface area (Å²) in [5.41, 5.74) is -0.268. The van der Waals surface area contributed by atoms with Crippen LogP contribution in [0.1, 0.15) is 29.3 Å². The van der Waals surface area contributed by atoms with E-state index in [1.165, 1.54) is 25.3 Å². The van der Waals surface area contributed by atoms with Crippen LogP contribution in [0, 0.1) is 0 Å². The molecular formula is C11H11BrF2O2. The summed E-state index contributed by atoms with van der Waals surface area (Å²) >= 11 is 3.07. The summed E-state index contributed by atoms with van der Waals surface area (Å²) in [5, 5.41) is 0. The average molecular weight is 293 g/mol. The van der Waals surface area contributed by atoms with Crippen molar-refractivity contribution in [3.8, 4) is 5.75 Å². The number of carbonyl (C=O) groups is 1. The molecule has 2 nitrogen and oxygen atoms in total. The van der Waals surface area contributed by atoms with Crippen molar-refractivity contribution < 1.29 is 18.3 Å². The molecule has 0 radical (unpaired) electrons. The lowest BCUT2D eigenvalue weighted by atomic mass is 10.0. The second-order valence-electron chi connectivity index (χ2n) is 3.23. The maximum Gasteiger partial charge on any atom is 0.264 e. The van der Waals surface area contributed by atoms with Gasteiger partial charge in [0.25, 0.3) is 6.43 Å². The zero-order valence-electron chi connectivity index (χ0n) is 8.84. The van der Waals surface area contributed by atoms with E-state index < -0.39 is 11.3 Å². The molecular weight excluding hydrogens is 282 g/mol. The molecule has 0 bridgehead atoms. The molecule has 1 aromatic carbocycles. The zero-order valence-corrected chi connectivity index (χ0v) is 10.4. The number of carbonyl (C=O) groups excluding carboxylic acids is 1. The minimum absolute atomic E-state index is 0.0279. The van der Waals surface area contributed by atoms with E-state index in [2.05, 4.69) is 15.9 Å². The Morgan fingerprint density at radius 1 is 1.44 bits per heavy atom. The van der Waals surface area contributed by atoms with E-state index in [1.54, 1.807) is 6.92 Å². The highest BCUT2D eigenvalue weighted by Crippen LogP contribution is 2.28. The highest BCUT2D eigenvalue weighted by Gasteiger charge is 2.21. The highest BCUT2D eigenvalue weighted by molar-refractivity contribution is 9.10. The van der Waals surface area contributed by atoms with Crippen molar-refractivity contribution in [2.45, 2.75) is 18.2 Å². The van der Waals surface area contributed by atoms with Gasteiger partial charge in [0.2, 0.25) is 0 Å². The lowest BCUT2D eigenvalue weighted by Crippen LogP contribution is -2.13. The maximum absolute atomic E-state index is 12.7. The molecule has 0 aromatic heterocycles. The quantitative estimate of drug-likeness (QED) is 0.626. The van der Waals surface area contributed by atoms with Crippen LogP contribution in [0.25, 0.3) is 0 Å². The van der Waals surface area contributed by atoms with Crippen molar-refractivity contribution in [3.05, 3.63) is 29.3 Å². The van der Waals surface area contributed by atoms with Crippen LogP contribution in [0.2, 0.25) is 0 Å². The SMILES string of the molecule is COc1ccc(C(=O)C(C)Br)c(C(F)F)c1. The Hall–Kier alpha value is -0.970. The molecule has 0 fully saturated rings. The van der Waals surface area contributed by atoms with Gasteiger partial charge in [-0.1, -0.05) is 15.9 Å². The molecule has 0 aliphatic carbocycles. The summed E-state index contributed by atoms with van der Waals surface area (Å²) in [6.07, 6.45) is -2.69. The van der Waals surface area contributed by atoms with Crippen LogP contribution < -0.4 is 4.74 Å². The predicted molar refractivity (Wildman–Crippen MR) is 60.7 cm³/mol. The fourth-order valence-corrected chi connectivity index (χ4v) is 1.53. The van der Waals surface area contributed by atoms with E-state index in [9.17, 15) is 13.6 Å². The molecule has 0 aliphatic rings. The van der Waals surface area contributed by atoms with E-state index in [4.69, 9.17) is 4.74 Å². The van der Waals surface area contributed by atoms with E-state index in [0.717, 1.165) is 0 Å². The average Bonchev–Trinajstić information content (AvgIpc) is 2.26. The summed E-state index contributed by atoms with van der Waals surface area (Å²) < 4.78 is 30.3. The fraction of sp³-hybridized carbons (Fsp3) is 0.364. The van der Waals surface area contributed by atoms with Crippen LogP contribution in [-0.4, -0.2) is 17.7 Å². The first kappa shape index (κ1) is 13.1. The van der Waals surface area contributed by atoms with Gasteiger partial charge in [-0.3, -0.25) is 4.79 Å². The minimum atomic E-state index is -2.69. The van der Waals surface area contributed by atoms with Gasteiger partial charge in [0.15, 0.2) is 5.78 Å². The molecule has 0 saturated heterocycles. The molecule has 5 heteroatoms. The van der Waals surface area contributed by atoms with Crippen LogP contribution in [0.5, 0.6) is 5.75 Å². The van der Waals surface area contributed by atoms with Gasteiger partial charge in [-0.25, -0.2) is 8.78 Å². The molecule has 0 spiro atoms. The number of rotatable bonds is 4. The molecule has 16 heavy (non-hydrogen) atoms. The molecule has 0 N–H and O–H groups in total. The summed E-state index contributed by atoms with van der Waals surface area (Å²) in [6.45, 7) is 1.60. The second-order valence-corrected chi connectivity index (χ2v) is 4.61. The normalized spacial score (nSPS) is 12.6. The number of benzene rings is 1. The smallest absolute Gasteiger partial charge is 0.264 e. The van der Waals surface area contributed by atoms with E-state index in [-0.39, 0.29) is 16.9 Å². The monoisotopic (exact) mass is 292 g/mol. The number of ketones is 1. The predicted octanol–water partition coefficient (Wildman–Crippen LogP) is 3.60. The fourth-order valence-electron chi connectivity index (χ4n) is 1.29. The number of Topliss-reactive ketones (excluding diaryl/α,β-unsaturated/α-hetero) is 1. The Balaban J connectivity index is 3.23. The molecule has 0 aliphatic heterocycles. The first-order valence-electron chi connectivity index (χ1n) is 4.61. The number of ether oxygens (including phenoxy) is 1. The van der Waals surface area contributed by atoms with Gasteiger partial charge in [0, 0.05) is 11.1 Å². The van der Waals surface area contributed by atoms with E-state index >= 15 is 0 Å². The number of halogens is 3. The Morgan fingerprint density at radius 2 is 2.06 bits per heavy atom. The zero-order chi connectivity index (χ0) is 12.3. The van der Waals surface area contributed by atoms with Gasteiger partial charge in [-0.15, -0.1) is 0 Å². The molecule has 88 valence electrons. The van der Waals surface area contributed by atoms with Crippen molar-refractivity contribution in [3.63, 3.8) is 0 Å². The summed E-state index contributed by atoms with van der Waals surface area (Å²) in [5.74, 6) is -0.0490. The largest absolute Gasteiger partial charge is 0.497 e. The summed E-state index contributed by atoms with van der Waals surface area (Å²) in [7, 11) is 1.39. The van der Waals surface area contributed by atoms with Crippen LogP contribution in [-0.2, 0) is 0 Å². The number of hydrogen-bond acceptors (Lipinski definition) is 2. The van der Waals surface area contributed by atoms with Crippen molar-refractivity contribution in [1.29, 1.82) is 0 Å². The third-order valence-electron chi connectivity index (χ3n) is 2.12. The number of alkyl halides is 3. The van der Waals surface area contributed by atoms with Crippen LogP contribution in [0.3, 0.4) is 0 Å². The topological polar surface area (TPSA) is 26.3 Å². The molecule has 1 aromatic rings. The molecule has 1 rings (SSSR count). The number of methoxy groups -OCH3 is 1. The Labute approximate surface area is 101 Å². The molecule has 0 heterocycles. The third kappa shape index (κ3) is 2.78. The standard InChI is InChI=1S/C11H11BrF2O2/c1-6(12)10(15)8-4-3-7(16-2)5-9(8)11(13)14/h3-6,11H,1-2H3. The molecule has 0 amide bonds. The highest BCUT2D eigenvalue weighted by atomic mass is 79.9. The molecule has 1 unspecified atom stereocenters. The van der Waals surface area contributed by atoms with Crippen molar-refractivity contribution in [2.75, 3.05) is 7.11 Å². The van der Waals surface area contributed by atoms with Crippen molar-refractivity contribution in [1.82, 2.24) is 0 Å². The summed E-state index contributed by atoms with van der Waals surface area (Å²) in [4.78, 5) is 11.2. The Bertz CT molecular complexity index is 392. The van der Waals surface area contributed by atoms with Crippen LogP contribution in [0.4, 0.5) is 8.78 Å². The summed E-state index contributed by atoms with van der Waals surface area (Å²) in [6, 6.07) is 4.04. The first-order chi connectivity index (χ1) is 7.47. The van der Waals surface area contributed by atoms with E-state index in [1.807, 2.05) is 0 Å². The van der Waals surface area contributed by atoms with E-state index in [0.29, 0.717) is 5.75 Å². The Kier molecular flexibility index (Phi) is 4.41. The van der Waals surface area contributed by atoms with Crippen LogP contribution >= 0.6 is 15.9 Å². The minimum Gasteiger partial charge on any atom is -0.497 e. The van der Waals surface area contributed by atoms with Gasteiger partial charge in [-0.2, -0.15) is 0 Å². The Morgan fingerprint density at radius 3 is 2.50 bits per heavy atom. The maximum atomic E-state index is 12.7. The van der Waals surface area contributed by atoms with Gasteiger partial charge in [0.1, 0.15) is 5.75 Å². The van der Waals surface area contributed by atoms with Crippen LogP contribution in [0.15, 0.2) is 18.2 Å². The van der Waals surface area contributed by atoms with Crippen molar-refractivity contribution >= 4 is 21.7 Å². The van der Waals surface area contributed by atoms with Gasteiger partial charge >= 0.3 is 0 Å². The van der Waals surface area contributed by atoms with Gasteiger partial charge in [0.05, 0.1) is 11.9 Å². The third-order valence-corrected chi connectivity index (χ3v) is 2.54. The van der Waals surface area contributed by atoms with Gasteiger partial charge in [-0.05, 0) is 25.1 Å². The molecule has 0 saturated carbocycles.